The molecule has 0 fully saturated rings. The van der Waals surface area contributed by atoms with Gasteiger partial charge in [-0.2, -0.15) is 0 Å². The Morgan fingerprint density at radius 3 is 2.95 bits per heavy atom. The third-order valence-electron chi connectivity index (χ3n) is 2.90. The molecule has 2 heterocycles. The van der Waals surface area contributed by atoms with Crippen molar-refractivity contribution in [2.24, 2.45) is 0 Å². The molecule has 0 saturated heterocycles. The molecule has 0 spiro atoms. The van der Waals surface area contributed by atoms with Gasteiger partial charge >= 0.3 is 0 Å². The smallest absolute Gasteiger partial charge is 0.225 e. The molecular weight excluding hydrogens is 276 g/mol. The summed E-state index contributed by atoms with van der Waals surface area (Å²) in [6.45, 7) is 6.08. The number of thiazole rings is 1. The Kier molecular flexibility index (Phi) is 4.71. The summed E-state index contributed by atoms with van der Waals surface area (Å²) in [7, 11) is 0. The number of hydrogen-bond acceptors (Lipinski definition) is 4. The summed E-state index contributed by atoms with van der Waals surface area (Å²) in [6.07, 6.45) is 1.37. The predicted molar refractivity (Wildman–Crippen MR) is 81.8 cm³/mol. The van der Waals surface area contributed by atoms with Crippen LogP contribution in [0.4, 0.5) is 0 Å². The van der Waals surface area contributed by atoms with Gasteiger partial charge in [0, 0.05) is 10.9 Å². The van der Waals surface area contributed by atoms with E-state index in [2.05, 4.69) is 23.3 Å². The predicted octanol–water partition coefficient (Wildman–Crippen LogP) is 3.64. The van der Waals surface area contributed by atoms with Crippen LogP contribution in [-0.2, 0) is 11.2 Å². The largest absolute Gasteiger partial charge is 0.353 e. The quantitative estimate of drug-likeness (QED) is 0.915. The van der Waals surface area contributed by atoms with Gasteiger partial charge in [0.25, 0.3) is 0 Å². The molecule has 1 atom stereocenters. The first-order chi connectivity index (χ1) is 9.10. The second-order valence-corrected chi connectivity index (χ2v) is 6.77. The number of amides is 1. The molecular formula is C14H18N2OS2. The molecule has 5 heteroatoms. The van der Waals surface area contributed by atoms with E-state index in [1.807, 2.05) is 25.3 Å². The lowest BCUT2D eigenvalue weighted by atomic mass is 10.2. The van der Waals surface area contributed by atoms with E-state index in [1.165, 1.54) is 0 Å². The summed E-state index contributed by atoms with van der Waals surface area (Å²) in [5.41, 5.74) is 0.969. The third kappa shape index (κ3) is 3.64. The molecule has 1 amide bonds. The van der Waals surface area contributed by atoms with Crippen molar-refractivity contribution in [3.05, 3.63) is 27.4 Å². The van der Waals surface area contributed by atoms with Crippen LogP contribution in [0.5, 0.6) is 0 Å². The number of carbonyl (C=O) groups excluding carboxylic acids is 1. The minimum Gasteiger partial charge on any atom is -0.353 e. The summed E-state index contributed by atoms with van der Waals surface area (Å²) in [5.74, 6) is 0.0795. The third-order valence-corrected chi connectivity index (χ3v) is 4.75. The highest BCUT2D eigenvalue weighted by Gasteiger charge is 2.16. The van der Waals surface area contributed by atoms with E-state index in [1.54, 1.807) is 22.7 Å². The van der Waals surface area contributed by atoms with Crippen molar-refractivity contribution in [3.63, 3.8) is 0 Å². The number of nitrogens with one attached hydrogen (secondary N) is 1. The van der Waals surface area contributed by atoms with Gasteiger partial charge in [-0.15, -0.1) is 22.7 Å². The van der Waals surface area contributed by atoms with Crippen LogP contribution in [0, 0.1) is 6.92 Å². The van der Waals surface area contributed by atoms with Crippen LogP contribution >= 0.6 is 22.7 Å². The van der Waals surface area contributed by atoms with Crippen LogP contribution < -0.4 is 5.32 Å². The average Bonchev–Trinajstić information content (AvgIpc) is 2.98. The fraction of sp³-hybridized carbons (Fsp3) is 0.429. The normalized spacial score (nSPS) is 12.4. The molecule has 0 aromatic carbocycles. The topological polar surface area (TPSA) is 42.0 Å². The van der Waals surface area contributed by atoms with Gasteiger partial charge in [0.2, 0.25) is 5.91 Å². The molecule has 0 saturated carbocycles. The Labute approximate surface area is 121 Å². The summed E-state index contributed by atoms with van der Waals surface area (Å²) in [6, 6.07) is 4.29. The maximum absolute atomic E-state index is 12.0. The fourth-order valence-electron chi connectivity index (χ4n) is 1.77. The number of nitrogens with zero attached hydrogens (tertiary/aromatic N) is 1. The molecule has 0 aliphatic heterocycles. The van der Waals surface area contributed by atoms with Gasteiger partial charge in [-0.3, -0.25) is 4.79 Å². The van der Waals surface area contributed by atoms with Gasteiger partial charge in [-0.25, -0.2) is 4.98 Å². The van der Waals surface area contributed by atoms with Gasteiger partial charge in [-0.05, 0) is 31.7 Å². The van der Waals surface area contributed by atoms with Gasteiger partial charge in [0.05, 0.1) is 22.0 Å². The van der Waals surface area contributed by atoms with Crippen LogP contribution in [-0.4, -0.2) is 16.9 Å². The van der Waals surface area contributed by atoms with Crippen molar-refractivity contribution in [1.82, 2.24) is 10.3 Å². The van der Waals surface area contributed by atoms with Crippen molar-refractivity contribution in [2.75, 3.05) is 0 Å². The monoisotopic (exact) mass is 294 g/mol. The first kappa shape index (κ1) is 14.2. The summed E-state index contributed by atoms with van der Waals surface area (Å²) in [4.78, 5) is 18.7. The van der Waals surface area contributed by atoms with E-state index in [9.17, 15) is 4.79 Å². The fourth-order valence-corrected chi connectivity index (χ4v) is 3.52. The summed E-state index contributed by atoms with van der Waals surface area (Å²) in [5, 5.41) is 6.05. The SMILES string of the molecule is CC[C@@H](C)NC(=O)Cc1sc(C)nc1-c1cccs1. The molecule has 1 N–H and O–H groups in total. The van der Waals surface area contributed by atoms with Crippen LogP contribution in [0.15, 0.2) is 17.5 Å². The second-order valence-electron chi connectivity index (χ2n) is 4.54. The molecule has 0 bridgehead atoms. The molecule has 3 nitrogen and oxygen atoms in total. The van der Waals surface area contributed by atoms with Crippen LogP contribution in [0.25, 0.3) is 10.6 Å². The summed E-state index contributed by atoms with van der Waals surface area (Å²) >= 11 is 3.27. The van der Waals surface area contributed by atoms with Crippen LogP contribution in [0.1, 0.15) is 30.2 Å². The van der Waals surface area contributed by atoms with Crippen molar-refractivity contribution < 1.29 is 4.79 Å². The Balaban J connectivity index is 2.15. The minimum atomic E-state index is 0.0795. The zero-order chi connectivity index (χ0) is 13.8. The lowest BCUT2D eigenvalue weighted by Crippen LogP contribution is -2.33. The molecule has 0 radical (unpaired) electrons. The minimum absolute atomic E-state index is 0.0795. The Hall–Kier alpha value is -1.20. The number of aryl methyl sites for hydroxylation is 1. The maximum atomic E-state index is 12.0. The zero-order valence-electron chi connectivity index (χ0n) is 11.4. The molecule has 2 rings (SSSR count). The molecule has 0 aliphatic carbocycles. The van der Waals surface area contributed by atoms with Gasteiger partial charge in [0.1, 0.15) is 0 Å². The van der Waals surface area contributed by atoms with Gasteiger partial charge in [-0.1, -0.05) is 13.0 Å². The lowest BCUT2D eigenvalue weighted by Gasteiger charge is -2.10. The summed E-state index contributed by atoms with van der Waals surface area (Å²) < 4.78 is 0. The Morgan fingerprint density at radius 2 is 2.32 bits per heavy atom. The Morgan fingerprint density at radius 1 is 1.53 bits per heavy atom. The highest BCUT2D eigenvalue weighted by molar-refractivity contribution is 7.15. The maximum Gasteiger partial charge on any atom is 0.225 e. The zero-order valence-corrected chi connectivity index (χ0v) is 13.0. The van der Waals surface area contributed by atoms with E-state index < -0.39 is 0 Å². The van der Waals surface area contributed by atoms with E-state index in [4.69, 9.17) is 0 Å². The van der Waals surface area contributed by atoms with Crippen molar-refractivity contribution in [1.29, 1.82) is 0 Å². The van der Waals surface area contributed by atoms with Crippen LogP contribution in [0.3, 0.4) is 0 Å². The number of rotatable bonds is 5. The number of carbonyl (C=O) groups is 1. The molecule has 2 aromatic rings. The first-order valence-corrected chi connectivity index (χ1v) is 8.09. The van der Waals surface area contributed by atoms with E-state index >= 15 is 0 Å². The Bertz CT molecular complexity index is 546. The second kappa shape index (κ2) is 6.30. The number of thiophene rings is 1. The van der Waals surface area contributed by atoms with Crippen molar-refractivity contribution >= 4 is 28.6 Å². The van der Waals surface area contributed by atoms with Crippen LogP contribution in [0.2, 0.25) is 0 Å². The van der Waals surface area contributed by atoms with Gasteiger partial charge < -0.3 is 5.32 Å². The lowest BCUT2D eigenvalue weighted by molar-refractivity contribution is -0.121. The molecule has 0 aliphatic rings. The molecule has 19 heavy (non-hydrogen) atoms. The van der Waals surface area contributed by atoms with Gasteiger partial charge in [0.15, 0.2) is 0 Å². The van der Waals surface area contributed by atoms with E-state index in [0.717, 1.165) is 26.9 Å². The highest BCUT2D eigenvalue weighted by Crippen LogP contribution is 2.31. The molecule has 0 unspecified atom stereocenters. The standard InChI is InChI=1S/C14H18N2OS2/c1-4-9(2)15-13(17)8-12-14(16-10(3)19-12)11-6-5-7-18-11/h5-7,9H,4,8H2,1-3H3,(H,15,17)/t9-/m1/s1. The van der Waals surface area contributed by atoms with E-state index in [0.29, 0.717) is 6.42 Å². The first-order valence-electron chi connectivity index (χ1n) is 6.39. The number of hydrogen-bond donors (Lipinski definition) is 1. The molecule has 2 aromatic heterocycles. The van der Waals surface area contributed by atoms with Crippen molar-refractivity contribution in [3.8, 4) is 10.6 Å². The highest BCUT2D eigenvalue weighted by atomic mass is 32.1. The average molecular weight is 294 g/mol. The van der Waals surface area contributed by atoms with E-state index in [-0.39, 0.29) is 11.9 Å². The van der Waals surface area contributed by atoms with Crippen molar-refractivity contribution in [2.45, 2.75) is 39.7 Å². The molecule has 102 valence electrons. The number of aromatic nitrogens is 1.